The SMILES string of the molecule is CCC(Cc1ccc(C)cc1)N(C)C(=O)c1ccc(C(=O)O)o1. The van der Waals surface area contributed by atoms with E-state index in [0.29, 0.717) is 0 Å². The van der Waals surface area contributed by atoms with Crippen molar-refractivity contribution in [1.82, 2.24) is 4.90 Å². The van der Waals surface area contributed by atoms with Crippen molar-refractivity contribution in [2.75, 3.05) is 7.05 Å². The van der Waals surface area contributed by atoms with E-state index in [1.807, 2.05) is 13.8 Å². The molecule has 0 spiro atoms. The Balaban J connectivity index is 2.11. The monoisotopic (exact) mass is 315 g/mol. The van der Waals surface area contributed by atoms with Crippen molar-refractivity contribution in [1.29, 1.82) is 0 Å². The third kappa shape index (κ3) is 4.00. The fourth-order valence-electron chi connectivity index (χ4n) is 2.46. The van der Waals surface area contributed by atoms with Crippen LogP contribution in [-0.2, 0) is 6.42 Å². The third-order valence-corrected chi connectivity index (χ3v) is 3.96. The minimum atomic E-state index is -1.18. The summed E-state index contributed by atoms with van der Waals surface area (Å²) in [6.45, 7) is 4.06. The van der Waals surface area contributed by atoms with E-state index < -0.39 is 5.97 Å². The van der Waals surface area contributed by atoms with Crippen LogP contribution in [0.25, 0.3) is 0 Å². The maximum atomic E-state index is 12.5. The zero-order valence-corrected chi connectivity index (χ0v) is 13.6. The molecule has 1 aromatic heterocycles. The van der Waals surface area contributed by atoms with Gasteiger partial charge in [0.15, 0.2) is 5.76 Å². The van der Waals surface area contributed by atoms with Gasteiger partial charge < -0.3 is 14.4 Å². The fraction of sp³-hybridized carbons (Fsp3) is 0.333. The molecule has 23 heavy (non-hydrogen) atoms. The summed E-state index contributed by atoms with van der Waals surface area (Å²) >= 11 is 0. The van der Waals surface area contributed by atoms with E-state index in [-0.39, 0.29) is 23.5 Å². The van der Waals surface area contributed by atoms with Crippen LogP contribution in [0.2, 0.25) is 0 Å². The Morgan fingerprint density at radius 2 is 1.74 bits per heavy atom. The highest BCUT2D eigenvalue weighted by molar-refractivity contribution is 5.93. The van der Waals surface area contributed by atoms with E-state index in [2.05, 4.69) is 24.3 Å². The van der Waals surface area contributed by atoms with Gasteiger partial charge in [0.2, 0.25) is 5.76 Å². The first-order valence-corrected chi connectivity index (χ1v) is 7.58. The molecule has 0 saturated carbocycles. The molecular formula is C18H21NO4. The number of rotatable bonds is 6. The van der Waals surface area contributed by atoms with Gasteiger partial charge in [-0.1, -0.05) is 36.8 Å². The molecule has 122 valence electrons. The maximum absolute atomic E-state index is 12.5. The molecule has 1 aromatic carbocycles. The minimum absolute atomic E-state index is 0.0172. The van der Waals surface area contributed by atoms with Crippen molar-refractivity contribution >= 4 is 11.9 Å². The second kappa shape index (κ2) is 7.13. The Kier molecular flexibility index (Phi) is 5.21. The summed E-state index contributed by atoms with van der Waals surface area (Å²) in [5.74, 6) is -1.67. The molecule has 0 radical (unpaired) electrons. The molecule has 5 nitrogen and oxygen atoms in total. The first-order chi connectivity index (χ1) is 10.9. The number of nitrogens with zero attached hydrogens (tertiary/aromatic N) is 1. The van der Waals surface area contributed by atoms with E-state index in [1.165, 1.54) is 17.7 Å². The van der Waals surface area contributed by atoms with E-state index in [9.17, 15) is 9.59 Å². The lowest BCUT2D eigenvalue weighted by Crippen LogP contribution is -2.38. The van der Waals surface area contributed by atoms with Crippen molar-refractivity contribution < 1.29 is 19.1 Å². The Bertz CT molecular complexity index is 687. The summed E-state index contributed by atoms with van der Waals surface area (Å²) in [4.78, 5) is 24.9. The second-order valence-corrected chi connectivity index (χ2v) is 5.64. The van der Waals surface area contributed by atoms with Crippen LogP contribution in [0.3, 0.4) is 0 Å². The molecule has 0 saturated heterocycles. The van der Waals surface area contributed by atoms with Gasteiger partial charge in [0.1, 0.15) is 0 Å². The zero-order chi connectivity index (χ0) is 17.0. The molecule has 1 atom stereocenters. The van der Waals surface area contributed by atoms with Gasteiger partial charge in [-0.15, -0.1) is 0 Å². The van der Waals surface area contributed by atoms with E-state index >= 15 is 0 Å². The number of likely N-dealkylation sites (N-methyl/N-ethyl adjacent to an activating group) is 1. The molecule has 1 heterocycles. The summed E-state index contributed by atoms with van der Waals surface area (Å²) in [6, 6.07) is 10.9. The number of carbonyl (C=O) groups excluding carboxylic acids is 1. The number of benzene rings is 1. The molecule has 0 fully saturated rings. The summed E-state index contributed by atoms with van der Waals surface area (Å²) < 4.78 is 5.10. The van der Waals surface area contributed by atoms with Crippen LogP contribution >= 0.6 is 0 Å². The molecule has 1 amide bonds. The van der Waals surface area contributed by atoms with Gasteiger partial charge in [-0.2, -0.15) is 0 Å². The first-order valence-electron chi connectivity index (χ1n) is 7.58. The Labute approximate surface area is 135 Å². The Morgan fingerprint density at radius 3 is 2.26 bits per heavy atom. The molecule has 0 bridgehead atoms. The standard InChI is InChI=1S/C18H21NO4/c1-4-14(11-13-7-5-12(2)6-8-13)19(3)17(20)15-9-10-16(23-15)18(21)22/h5-10,14H,4,11H2,1-3H3,(H,21,22). The molecule has 0 aliphatic heterocycles. The molecule has 2 rings (SSSR count). The van der Waals surface area contributed by atoms with E-state index in [1.54, 1.807) is 11.9 Å². The Morgan fingerprint density at radius 1 is 1.13 bits per heavy atom. The second-order valence-electron chi connectivity index (χ2n) is 5.64. The van der Waals surface area contributed by atoms with Crippen LogP contribution in [0.5, 0.6) is 0 Å². The fourth-order valence-corrected chi connectivity index (χ4v) is 2.46. The number of carboxylic acid groups (broad SMARTS) is 1. The molecule has 1 N–H and O–H groups in total. The average molecular weight is 315 g/mol. The highest BCUT2D eigenvalue weighted by Crippen LogP contribution is 2.16. The molecule has 1 unspecified atom stereocenters. The van der Waals surface area contributed by atoms with Crippen LogP contribution in [0, 0.1) is 6.92 Å². The molecule has 5 heteroatoms. The highest BCUT2D eigenvalue weighted by Gasteiger charge is 2.23. The number of furan rings is 1. The van der Waals surface area contributed by atoms with Crippen molar-refractivity contribution in [2.24, 2.45) is 0 Å². The normalized spacial score (nSPS) is 12.0. The van der Waals surface area contributed by atoms with Crippen molar-refractivity contribution in [3.63, 3.8) is 0 Å². The number of hydrogen-bond donors (Lipinski definition) is 1. The number of aryl methyl sites for hydroxylation is 1. The lowest BCUT2D eigenvalue weighted by atomic mass is 10.0. The average Bonchev–Trinajstić information content (AvgIpc) is 3.03. The predicted molar refractivity (Wildman–Crippen MR) is 86.7 cm³/mol. The van der Waals surface area contributed by atoms with Crippen LogP contribution in [0.1, 0.15) is 45.6 Å². The van der Waals surface area contributed by atoms with Gasteiger partial charge in [0.05, 0.1) is 0 Å². The lowest BCUT2D eigenvalue weighted by molar-refractivity contribution is 0.0643. The van der Waals surface area contributed by atoms with E-state index in [4.69, 9.17) is 9.52 Å². The summed E-state index contributed by atoms with van der Waals surface area (Å²) in [5, 5.41) is 8.87. The number of hydrogen-bond acceptors (Lipinski definition) is 3. The number of aromatic carboxylic acids is 1. The quantitative estimate of drug-likeness (QED) is 0.887. The number of amides is 1. The number of carboxylic acids is 1. The number of carbonyl (C=O) groups is 2. The molecule has 0 aliphatic rings. The van der Waals surface area contributed by atoms with Crippen LogP contribution in [-0.4, -0.2) is 35.0 Å². The predicted octanol–water partition coefficient (Wildman–Crippen LogP) is 3.38. The minimum Gasteiger partial charge on any atom is -0.475 e. The lowest BCUT2D eigenvalue weighted by Gasteiger charge is -2.26. The van der Waals surface area contributed by atoms with Crippen molar-refractivity contribution in [3.8, 4) is 0 Å². The summed E-state index contributed by atoms with van der Waals surface area (Å²) in [5.41, 5.74) is 2.36. The topological polar surface area (TPSA) is 70.8 Å². The van der Waals surface area contributed by atoms with Gasteiger partial charge in [0.25, 0.3) is 5.91 Å². The smallest absolute Gasteiger partial charge is 0.371 e. The largest absolute Gasteiger partial charge is 0.475 e. The van der Waals surface area contributed by atoms with Gasteiger partial charge in [0, 0.05) is 13.1 Å². The van der Waals surface area contributed by atoms with Gasteiger partial charge in [-0.25, -0.2) is 4.79 Å². The van der Waals surface area contributed by atoms with Gasteiger partial charge in [-0.05, 0) is 37.5 Å². The van der Waals surface area contributed by atoms with Crippen molar-refractivity contribution in [2.45, 2.75) is 32.7 Å². The highest BCUT2D eigenvalue weighted by atomic mass is 16.4. The van der Waals surface area contributed by atoms with Crippen LogP contribution < -0.4 is 0 Å². The summed E-state index contributed by atoms with van der Waals surface area (Å²) in [6.07, 6.45) is 1.54. The van der Waals surface area contributed by atoms with Crippen molar-refractivity contribution in [3.05, 3.63) is 59.0 Å². The Hall–Kier alpha value is -2.56. The van der Waals surface area contributed by atoms with Crippen LogP contribution in [0.4, 0.5) is 0 Å². The van der Waals surface area contributed by atoms with Gasteiger partial charge in [-0.3, -0.25) is 4.79 Å². The molecule has 2 aromatic rings. The first kappa shape index (κ1) is 16.8. The molecular weight excluding hydrogens is 294 g/mol. The summed E-state index contributed by atoms with van der Waals surface area (Å²) in [7, 11) is 1.72. The maximum Gasteiger partial charge on any atom is 0.371 e. The van der Waals surface area contributed by atoms with Crippen LogP contribution in [0.15, 0.2) is 40.8 Å². The third-order valence-electron chi connectivity index (χ3n) is 3.96. The molecule has 0 aliphatic carbocycles. The van der Waals surface area contributed by atoms with Gasteiger partial charge >= 0.3 is 5.97 Å². The zero-order valence-electron chi connectivity index (χ0n) is 13.6. The van der Waals surface area contributed by atoms with E-state index in [0.717, 1.165) is 18.4 Å².